The number of nitrogens with zero attached hydrogens (tertiary/aromatic N) is 2. The van der Waals surface area contributed by atoms with Crippen molar-refractivity contribution in [1.29, 1.82) is 0 Å². The van der Waals surface area contributed by atoms with Gasteiger partial charge in [-0.3, -0.25) is 9.88 Å². The maximum absolute atomic E-state index is 14.4. The van der Waals surface area contributed by atoms with Crippen molar-refractivity contribution in [2.75, 3.05) is 13.9 Å². The summed E-state index contributed by atoms with van der Waals surface area (Å²) in [6, 6.07) is 14.6. The van der Waals surface area contributed by atoms with E-state index in [9.17, 15) is 4.39 Å². The molecule has 0 aliphatic carbocycles. The minimum Gasteiger partial charge on any atom is -0.497 e. The molecule has 0 N–H and O–H groups in total. The molecule has 0 fully saturated rings. The Hall–Kier alpha value is -3.12. The zero-order valence-corrected chi connectivity index (χ0v) is 15.6. The second-order valence-electron chi connectivity index (χ2n) is 6.65. The molecule has 0 radical (unpaired) electrons. The van der Waals surface area contributed by atoms with Gasteiger partial charge < -0.3 is 14.2 Å². The van der Waals surface area contributed by atoms with E-state index >= 15 is 0 Å². The first kappa shape index (κ1) is 18.3. The molecule has 28 heavy (non-hydrogen) atoms. The van der Waals surface area contributed by atoms with Gasteiger partial charge in [-0.1, -0.05) is 6.07 Å². The van der Waals surface area contributed by atoms with Gasteiger partial charge in [0, 0.05) is 37.6 Å². The van der Waals surface area contributed by atoms with Gasteiger partial charge in [0.1, 0.15) is 11.6 Å². The van der Waals surface area contributed by atoms with Gasteiger partial charge in [0.25, 0.3) is 0 Å². The number of ether oxygens (including phenoxy) is 3. The van der Waals surface area contributed by atoms with Crippen molar-refractivity contribution in [2.45, 2.75) is 19.6 Å². The fourth-order valence-corrected chi connectivity index (χ4v) is 3.25. The Balaban J connectivity index is 1.58. The molecule has 4 rings (SSSR count). The third-order valence-corrected chi connectivity index (χ3v) is 4.65. The minimum absolute atomic E-state index is 0.244. The van der Waals surface area contributed by atoms with Crippen LogP contribution in [0.5, 0.6) is 17.2 Å². The molecule has 1 aliphatic rings. The number of benzene rings is 2. The summed E-state index contributed by atoms with van der Waals surface area (Å²) in [5, 5.41) is 0. The number of fused-ring (bicyclic) bond motifs is 1. The first-order valence-electron chi connectivity index (χ1n) is 9.03. The smallest absolute Gasteiger partial charge is 0.231 e. The molecule has 0 spiro atoms. The van der Waals surface area contributed by atoms with Crippen LogP contribution in [0, 0.1) is 5.82 Å². The molecule has 2 heterocycles. The molecule has 5 nitrogen and oxygen atoms in total. The standard InChI is InChI=1S/C22H21FN2O3/c1-26-19-3-4-20(23)18(11-19)14-25(12-16-6-8-24-9-7-16)13-17-2-5-21-22(10-17)28-15-27-21/h2-11H,12-15H2,1H3. The summed E-state index contributed by atoms with van der Waals surface area (Å²) in [5.74, 6) is 1.90. The van der Waals surface area contributed by atoms with Crippen LogP contribution in [-0.4, -0.2) is 23.8 Å². The molecule has 0 saturated carbocycles. The van der Waals surface area contributed by atoms with Gasteiger partial charge in [0.2, 0.25) is 6.79 Å². The summed E-state index contributed by atoms with van der Waals surface area (Å²) < 4.78 is 30.5. The molecular formula is C22H21FN2O3. The van der Waals surface area contributed by atoms with Crippen molar-refractivity contribution in [3.63, 3.8) is 0 Å². The number of aromatic nitrogens is 1. The summed E-state index contributed by atoms with van der Waals surface area (Å²) in [5.41, 5.74) is 2.77. The van der Waals surface area contributed by atoms with Crippen LogP contribution in [-0.2, 0) is 19.6 Å². The minimum atomic E-state index is -0.244. The average molecular weight is 380 g/mol. The van der Waals surface area contributed by atoms with Crippen LogP contribution in [0.1, 0.15) is 16.7 Å². The molecule has 6 heteroatoms. The second kappa shape index (κ2) is 8.27. The van der Waals surface area contributed by atoms with Crippen molar-refractivity contribution in [3.05, 3.63) is 83.4 Å². The van der Waals surface area contributed by atoms with E-state index in [0.29, 0.717) is 30.9 Å². The lowest BCUT2D eigenvalue weighted by atomic mass is 10.1. The van der Waals surface area contributed by atoms with Crippen LogP contribution < -0.4 is 14.2 Å². The van der Waals surface area contributed by atoms with Gasteiger partial charge in [-0.25, -0.2) is 4.39 Å². The van der Waals surface area contributed by atoms with Crippen LogP contribution in [0.3, 0.4) is 0 Å². The Morgan fingerprint density at radius 3 is 2.54 bits per heavy atom. The van der Waals surface area contributed by atoms with Gasteiger partial charge in [-0.05, 0) is 53.6 Å². The number of rotatable bonds is 7. The number of hydrogen-bond acceptors (Lipinski definition) is 5. The first-order chi connectivity index (χ1) is 13.7. The average Bonchev–Trinajstić information content (AvgIpc) is 3.18. The first-order valence-corrected chi connectivity index (χ1v) is 9.03. The van der Waals surface area contributed by atoms with Gasteiger partial charge in [0.05, 0.1) is 7.11 Å². The van der Waals surface area contributed by atoms with E-state index in [4.69, 9.17) is 14.2 Å². The summed E-state index contributed by atoms with van der Waals surface area (Å²) in [6.07, 6.45) is 3.53. The van der Waals surface area contributed by atoms with Crippen molar-refractivity contribution >= 4 is 0 Å². The van der Waals surface area contributed by atoms with E-state index in [0.717, 1.165) is 22.6 Å². The van der Waals surface area contributed by atoms with E-state index in [1.165, 1.54) is 6.07 Å². The highest BCUT2D eigenvalue weighted by atomic mass is 19.1. The van der Waals surface area contributed by atoms with Crippen molar-refractivity contribution in [3.8, 4) is 17.2 Å². The molecule has 0 saturated heterocycles. The fourth-order valence-electron chi connectivity index (χ4n) is 3.25. The number of halogens is 1. The highest BCUT2D eigenvalue weighted by molar-refractivity contribution is 5.44. The SMILES string of the molecule is COc1ccc(F)c(CN(Cc2ccncc2)Cc2ccc3c(c2)OCO3)c1. The maximum Gasteiger partial charge on any atom is 0.231 e. The van der Waals surface area contributed by atoms with Crippen molar-refractivity contribution in [2.24, 2.45) is 0 Å². The Morgan fingerprint density at radius 2 is 1.71 bits per heavy atom. The third kappa shape index (κ3) is 4.23. The van der Waals surface area contributed by atoms with Crippen LogP contribution in [0.25, 0.3) is 0 Å². The molecule has 0 unspecified atom stereocenters. The van der Waals surface area contributed by atoms with Crippen LogP contribution in [0.4, 0.5) is 4.39 Å². The Morgan fingerprint density at radius 1 is 0.929 bits per heavy atom. The van der Waals surface area contributed by atoms with Gasteiger partial charge in [0.15, 0.2) is 11.5 Å². The number of methoxy groups -OCH3 is 1. The zero-order valence-electron chi connectivity index (χ0n) is 15.6. The van der Waals surface area contributed by atoms with Crippen molar-refractivity contribution < 1.29 is 18.6 Å². The molecule has 1 aromatic heterocycles. The molecule has 0 bridgehead atoms. The Labute approximate surface area is 163 Å². The van der Waals surface area contributed by atoms with Crippen LogP contribution >= 0.6 is 0 Å². The maximum atomic E-state index is 14.4. The highest BCUT2D eigenvalue weighted by Crippen LogP contribution is 2.33. The second-order valence-corrected chi connectivity index (χ2v) is 6.65. The Kier molecular flexibility index (Phi) is 5.39. The molecule has 0 amide bonds. The Bertz CT molecular complexity index is 950. The normalized spacial score (nSPS) is 12.4. The predicted molar refractivity (Wildman–Crippen MR) is 103 cm³/mol. The van der Waals surface area contributed by atoms with E-state index in [2.05, 4.69) is 9.88 Å². The third-order valence-electron chi connectivity index (χ3n) is 4.65. The van der Waals surface area contributed by atoms with E-state index < -0.39 is 0 Å². The van der Waals surface area contributed by atoms with Crippen LogP contribution in [0.2, 0.25) is 0 Å². The summed E-state index contributed by atoms with van der Waals surface area (Å²) >= 11 is 0. The summed E-state index contributed by atoms with van der Waals surface area (Å²) in [4.78, 5) is 6.24. The lowest BCUT2D eigenvalue weighted by molar-refractivity contribution is 0.174. The molecule has 144 valence electrons. The van der Waals surface area contributed by atoms with E-state index in [-0.39, 0.29) is 12.6 Å². The summed E-state index contributed by atoms with van der Waals surface area (Å²) in [7, 11) is 1.58. The predicted octanol–water partition coefficient (Wildman–Crippen LogP) is 4.16. The quantitative estimate of drug-likeness (QED) is 0.616. The number of hydrogen-bond donors (Lipinski definition) is 0. The monoisotopic (exact) mass is 380 g/mol. The molecule has 2 aromatic carbocycles. The molecule has 3 aromatic rings. The highest BCUT2D eigenvalue weighted by Gasteiger charge is 2.16. The topological polar surface area (TPSA) is 43.8 Å². The molecule has 1 aliphatic heterocycles. The van der Waals surface area contributed by atoms with Gasteiger partial charge >= 0.3 is 0 Å². The van der Waals surface area contributed by atoms with Crippen molar-refractivity contribution in [1.82, 2.24) is 9.88 Å². The number of pyridine rings is 1. The van der Waals surface area contributed by atoms with Gasteiger partial charge in [-0.15, -0.1) is 0 Å². The largest absolute Gasteiger partial charge is 0.497 e. The van der Waals surface area contributed by atoms with E-state index in [1.54, 1.807) is 31.6 Å². The van der Waals surface area contributed by atoms with Gasteiger partial charge in [-0.2, -0.15) is 0 Å². The molecular weight excluding hydrogens is 359 g/mol. The lowest BCUT2D eigenvalue weighted by Crippen LogP contribution is -2.23. The van der Waals surface area contributed by atoms with Crippen LogP contribution in [0.15, 0.2) is 60.9 Å². The summed E-state index contributed by atoms with van der Waals surface area (Å²) in [6.45, 7) is 1.98. The fraction of sp³-hybridized carbons (Fsp3) is 0.227. The van der Waals surface area contributed by atoms with E-state index in [1.807, 2.05) is 30.3 Å². The lowest BCUT2D eigenvalue weighted by Gasteiger charge is -2.23. The zero-order chi connectivity index (χ0) is 19.3. The molecule has 0 atom stereocenters.